The van der Waals surface area contributed by atoms with E-state index in [1.54, 1.807) is 0 Å². The second kappa shape index (κ2) is 6.02. The molecule has 1 N–H and O–H groups in total. The summed E-state index contributed by atoms with van der Waals surface area (Å²) in [6, 6.07) is 0. The molecule has 0 aromatic rings. The van der Waals surface area contributed by atoms with Gasteiger partial charge in [-0.3, -0.25) is 9.88 Å². The minimum Gasteiger partial charge on any atom is -0.307 e. The van der Waals surface area contributed by atoms with Gasteiger partial charge in [-0.1, -0.05) is 53.9 Å². The van der Waals surface area contributed by atoms with Gasteiger partial charge in [-0.25, -0.2) is 0 Å². The van der Waals surface area contributed by atoms with Crippen molar-refractivity contribution in [2.75, 3.05) is 13.2 Å². The van der Waals surface area contributed by atoms with Crippen molar-refractivity contribution in [3.8, 4) is 0 Å². The van der Waals surface area contributed by atoms with Crippen LogP contribution in [0.25, 0.3) is 0 Å². The molecule has 3 rings (SSSR count). The maximum atomic E-state index is 13.5. The minimum absolute atomic E-state index is 0.00715. The predicted octanol–water partition coefficient (Wildman–Crippen LogP) is 4.99. The van der Waals surface area contributed by atoms with Crippen molar-refractivity contribution in [2.45, 2.75) is 82.6 Å². The molecular weight excluding hydrogens is 329 g/mol. The Hall–Kier alpha value is 0.460. The quantitative estimate of drug-likeness (QED) is 0.667. The van der Waals surface area contributed by atoms with Crippen LogP contribution in [-0.4, -0.2) is 29.1 Å². The largest absolute Gasteiger partial charge is 0.348 e. The Morgan fingerprint density at radius 2 is 1.65 bits per heavy atom. The first-order valence-electron chi connectivity index (χ1n) is 8.89. The molecular formula is C17H32NO3PS. The Morgan fingerprint density at radius 3 is 2.17 bits per heavy atom. The monoisotopic (exact) mass is 361 g/mol. The van der Waals surface area contributed by atoms with Crippen LogP contribution in [0, 0.1) is 10.8 Å². The van der Waals surface area contributed by atoms with Gasteiger partial charge in [-0.2, -0.15) is 0 Å². The van der Waals surface area contributed by atoms with E-state index in [0.717, 1.165) is 12.8 Å². The topological polar surface area (TPSA) is 47.6 Å². The Labute approximate surface area is 145 Å². The minimum atomic E-state index is -3.11. The fraction of sp³-hybridized carbons (Fsp3) is 1.00. The van der Waals surface area contributed by atoms with Crippen LogP contribution >= 0.6 is 19.4 Å². The summed E-state index contributed by atoms with van der Waals surface area (Å²) < 4.78 is 25.4. The fourth-order valence-corrected chi connectivity index (χ4v) is 8.75. The predicted molar refractivity (Wildman–Crippen MR) is 96.9 cm³/mol. The lowest BCUT2D eigenvalue weighted by atomic mass is 9.88. The summed E-state index contributed by atoms with van der Waals surface area (Å²) in [4.78, 5) is 0. The first kappa shape index (κ1) is 18.3. The molecule has 2 aliphatic heterocycles. The fourth-order valence-electron chi connectivity index (χ4n) is 3.73. The van der Waals surface area contributed by atoms with Gasteiger partial charge in [0.2, 0.25) is 0 Å². The zero-order valence-corrected chi connectivity index (χ0v) is 16.9. The van der Waals surface area contributed by atoms with Gasteiger partial charge in [0.25, 0.3) is 0 Å². The first-order valence-corrected chi connectivity index (χ1v) is 11.4. The van der Waals surface area contributed by atoms with Gasteiger partial charge in [0.15, 0.2) is 0 Å². The van der Waals surface area contributed by atoms with E-state index in [-0.39, 0.29) is 21.4 Å². The van der Waals surface area contributed by atoms with Crippen LogP contribution in [0.3, 0.4) is 0 Å². The van der Waals surface area contributed by atoms with E-state index in [4.69, 9.17) is 9.05 Å². The molecule has 3 fully saturated rings. The molecule has 0 aromatic carbocycles. The molecule has 1 aliphatic carbocycles. The molecule has 2 saturated heterocycles. The molecule has 0 radical (unpaired) electrons. The van der Waals surface area contributed by atoms with Crippen LogP contribution in [0.15, 0.2) is 0 Å². The molecule has 1 saturated carbocycles. The summed E-state index contributed by atoms with van der Waals surface area (Å²) in [6.07, 6.45) is 5.94. The number of hydrogen-bond donors (Lipinski definition) is 1. The van der Waals surface area contributed by atoms with Gasteiger partial charge in [0.05, 0.1) is 18.6 Å². The summed E-state index contributed by atoms with van der Waals surface area (Å²) >= 11 is 2.00. The van der Waals surface area contributed by atoms with Gasteiger partial charge in [0.1, 0.15) is 5.78 Å². The van der Waals surface area contributed by atoms with Crippen molar-refractivity contribution in [3.05, 3.63) is 0 Å². The lowest BCUT2D eigenvalue weighted by Gasteiger charge is -2.43. The molecule has 1 spiro atoms. The standard InChI is InChI=1S/C17H32NO3PS/c1-15(2,3)14-18-13(17(23-14)9-7-6-8-10-17)22(19)20-11-16(4,5)12-21-22/h13-14,18H,6-12H2,1-5H3/t13-,14-/m1/s1. The third-order valence-corrected chi connectivity index (χ3v) is 9.85. The number of nitrogens with one attached hydrogen (secondary N) is 1. The zero-order chi connectivity index (χ0) is 16.9. The highest BCUT2D eigenvalue weighted by Crippen LogP contribution is 2.67. The summed E-state index contributed by atoms with van der Waals surface area (Å²) in [5.74, 6) is -0.166. The Bertz CT molecular complexity index is 483. The van der Waals surface area contributed by atoms with Crippen molar-refractivity contribution in [1.29, 1.82) is 0 Å². The van der Waals surface area contributed by atoms with Crippen molar-refractivity contribution in [1.82, 2.24) is 5.32 Å². The second-order valence-electron chi connectivity index (χ2n) is 9.31. The molecule has 0 aromatic heterocycles. The third kappa shape index (κ3) is 3.55. The molecule has 6 heteroatoms. The van der Waals surface area contributed by atoms with Gasteiger partial charge in [0, 0.05) is 10.2 Å². The van der Waals surface area contributed by atoms with Crippen LogP contribution < -0.4 is 5.32 Å². The summed E-state index contributed by atoms with van der Waals surface area (Å²) in [7, 11) is -3.11. The summed E-state index contributed by atoms with van der Waals surface area (Å²) in [6.45, 7) is 12.0. The van der Waals surface area contributed by atoms with E-state index >= 15 is 0 Å². The van der Waals surface area contributed by atoms with Crippen molar-refractivity contribution in [2.24, 2.45) is 10.8 Å². The average molecular weight is 361 g/mol. The van der Waals surface area contributed by atoms with Crippen LogP contribution in [0.1, 0.15) is 66.7 Å². The van der Waals surface area contributed by atoms with E-state index in [1.807, 2.05) is 11.8 Å². The maximum absolute atomic E-state index is 13.5. The van der Waals surface area contributed by atoms with Gasteiger partial charge < -0.3 is 9.05 Å². The lowest BCUT2D eigenvalue weighted by molar-refractivity contribution is 0.0341. The molecule has 0 bridgehead atoms. The van der Waals surface area contributed by atoms with Crippen LogP contribution in [-0.2, 0) is 13.6 Å². The van der Waals surface area contributed by atoms with Crippen molar-refractivity contribution < 1.29 is 13.6 Å². The smallest absolute Gasteiger partial charge is 0.307 e. The van der Waals surface area contributed by atoms with Gasteiger partial charge in [-0.15, -0.1) is 11.8 Å². The van der Waals surface area contributed by atoms with Gasteiger partial charge in [-0.05, 0) is 18.3 Å². The van der Waals surface area contributed by atoms with E-state index in [9.17, 15) is 4.57 Å². The summed E-state index contributed by atoms with van der Waals surface area (Å²) in [5.41, 5.74) is 0.0703. The number of rotatable bonds is 1. The highest BCUT2D eigenvalue weighted by atomic mass is 32.2. The summed E-state index contributed by atoms with van der Waals surface area (Å²) in [5, 5.41) is 3.97. The SMILES string of the molecule is CC1(C)COP(=O)([C@H]2N[C@@H](C(C)(C)C)SC23CCCCC3)OC1. The van der Waals surface area contributed by atoms with Crippen LogP contribution in [0.2, 0.25) is 0 Å². The van der Waals surface area contributed by atoms with E-state index in [0.29, 0.717) is 18.6 Å². The van der Waals surface area contributed by atoms with E-state index in [1.165, 1.54) is 19.3 Å². The van der Waals surface area contributed by atoms with Crippen molar-refractivity contribution >= 4 is 19.4 Å². The molecule has 0 amide bonds. The highest BCUT2D eigenvalue weighted by Gasteiger charge is 2.60. The average Bonchev–Trinajstić information content (AvgIpc) is 2.83. The van der Waals surface area contributed by atoms with Crippen molar-refractivity contribution in [3.63, 3.8) is 0 Å². The van der Waals surface area contributed by atoms with Gasteiger partial charge >= 0.3 is 7.60 Å². The second-order valence-corrected chi connectivity index (χ2v) is 12.9. The Balaban J connectivity index is 1.87. The van der Waals surface area contributed by atoms with Crippen LogP contribution in [0.5, 0.6) is 0 Å². The molecule has 23 heavy (non-hydrogen) atoms. The number of hydrogen-bond acceptors (Lipinski definition) is 5. The normalized spacial score (nSPS) is 36.2. The lowest BCUT2D eigenvalue weighted by Crippen LogP contribution is -2.47. The third-order valence-electron chi connectivity index (χ3n) is 5.23. The van der Waals surface area contributed by atoms with E-state index < -0.39 is 7.60 Å². The molecule has 3 aliphatic rings. The Morgan fingerprint density at radius 1 is 1.09 bits per heavy atom. The Kier molecular flexibility index (Phi) is 4.78. The molecule has 4 nitrogen and oxygen atoms in total. The van der Waals surface area contributed by atoms with E-state index in [2.05, 4.69) is 39.9 Å². The molecule has 2 atom stereocenters. The molecule has 0 unspecified atom stereocenters. The maximum Gasteiger partial charge on any atom is 0.348 e. The highest BCUT2D eigenvalue weighted by molar-refractivity contribution is 8.02. The molecule has 134 valence electrons. The van der Waals surface area contributed by atoms with Crippen LogP contribution in [0.4, 0.5) is 0 Å². The number of thioether (sulfide) groups is 1. The first-order chi connectivity index (χ1) is 10.6. The zero-order valence-electron chi connectivity index (χ0n) is 15.2. The molecule has 2 heterocycles.